The fourth-order valence-electron chi connectivity index (χ4n) is 5.76. The number of carbonyl (C=O) groups excluding carboxylic acids is 2. The van der Waals surface area contributed by atoms with Crippen LogP contribution in [0.25, 0.3) is 10.9 Å². The average Bonchev–Trinajstić information content (AvgIpc) is 3.45. The number of H-pyrrole nitrogens is 1. The number of hydrogen-bond acceptors (Lipinski definition) is 4. The number of piperazine rings is 1. The quantitative estimate of drug-likeness (QED) is 0.295. The minimum Gasteiger partial charge on any atom is -0.351 e. The number of amides is 2. The van der Waals surface area contributed by atoms with E-state index in [1.165, 1.54) is 11.1 Å². The Morgan fingerprint density at radius 2 is 1.66 bits per heavy atom. The number of pyridine rings is 1. The summed E-state index contributed by atoms with van der Waals surface area (Å²) >= 11 is 0. The van der Waals surface area contributed by atoms with Crippen molar-refractivity contribution >= 4 is 22.7 Å². The van der Waals surface area contributed by atoms with E-state index in [-0.39, 0.29) is 23.9 Å². The molecule has 1 fully saturated rings. The Bertz CT molecular complexity index is 1600. The van der Waals surface area contributed by atoms with E-state index in [1.807, 2.05) is 48.2 Å². The molecule has 0 saturated carbocycles. The molecule has 0 spiro atoms. The number of benzene rings is 3. The Kier molecular flexibility index (Phi) is 7.60. The SMILES string of the molecule is Cc1ccc2cc(C(=O)NCC3CN(C(=O)c4cccnc4)CCN3C(c3ccccc3)c3ccccc3)[nH]c2c1. The van der Waals surface area contributed by atoms with Gasteiger partial charge in [0.2, 0.25) is 0 Å². The predicted octanol–water partition coefficient (Wildman–Crippen LogP) is 5.22. The minimum absolute atomic E-state index is 0.0222. The summed E-state index contributed by atoms with van der Waals surface area (Å²) in [5, 5.41) is 4.17. The number of nitrogens with zero attached hydrogens (tertiary/aromatic N) is 3. The maximum absolute atomic E-state index is 13.4. The van der Waals surface area contributed by atoms with Gasteiger partial charge >= 0.3 is 0 Å². The Hall–Kier alpha value is -4.75. The van der Waals surface area contributed by atoms with Crippen molar-refractivity contribution in [2.75, 3.05) is 26.2 Å². The molecule has 2 amide bonds. The van der Waals surface area contributed by atoms with Crippen LogP contribution in [0, 0.1) is 6.92 Å². The molecule has 1 atom stereocenters. The molecule has 1 unspecified atom stereocenters. The maximum atomic E-state index is 13.4. The van der Waals surface area contributed by atoms with Crippen LogP contribution >= 0.6 is 0 Å². The van der Waals surface area contributed by atoms with Crippen molar-refractivity contribution in [3.8, 4) is 0 Å². The molecule has 1 aliphatic heterocycles. The van der Waals surface area contributed by atoms with Gasteiger partial charge in [-0.15, -0.1) is 0 Å². The molecule has 0 radical (unpaired) electrons. The van der Waals surface area contributed by atoms with Crippen molar-refractivity contribution in [3.05, 3.63) is 137 Å². The van der Waals surface area contributed by atoms with Crippen LogP contribution in [0.1, 0.15) is 43.6 Å². The second-order valence-electron chi connectivity index (χ2n) is 10.6. The van der Waals surface area contributed by atoms with E-state index >= 15 is 0 Å². The molecule has 3 aromatic carbocycles. The molecule has 206 valence electrons. The van der Waals surface area contributed by atoms with Crippen LogP contribution in [0.5, 0.6) is 0 Å². The van der Waals surface area contributed by atoms with E-state index in [9.17, 15) is 9.59 Å². The zero-order valence-electron chi connectivity index (χ0n) is 23.0. The first-order chi connectivity index (χ1) is 20.1. The van der Waals surface area contributed by atoms with Gasteiger partial charge in [0.05, 0.1) is 11.6 Å². The fraction of sp³-hybridized carbons (Fsp3) is 0.206. The van der Waals surface area contributed by atoms with Gasteiger partial charge in [0.25, 0.3) is 11.8 Å². The van der Waals surface area contributed by atoms with E-state index in [0.717, 1.165) is 16.5 Å². The number of aryl methyl sites for hydroxylation is 1. The molecular weight excluding hydrogens is 510 g/mol. The number of hydrogen-bond donors (Lipinski definition) is 2. The van der Waals surface area contributed by atoms with Gasteiger partial charge in [0.15, 0.2) is 0 Å². The van der Waals surface area contributed by atoms with Gasteiger partial charge in [-0.1, -0.05) is 72.8 Å². The van der Waals surface area contributed by atoms with Crippen molar-refractivity contribution in [1.82, 2.24) is 25.1 Å². The van der Waals surface area contributed by atoms with Gasteiger partial charge < -0.3 is 15.2 Å². The molecule has 7 heteroatoms. The van der Waals surface area contributed by atoms with Crippen LogP contribution in [0.3, 0.4) is 0 Å². The summed E-state index contributed by atoms with van der Waals surface area (Å²) in [6, 6.07) is 32.3. The molecular formula is C34H33N5O2. The van der Waals surface area contributed by atoms with Gasteiger partial charge in [-0.2, -0.15) is 0 Å². The van der Waals surface area contributed by atoms with Crippen molar-refractivity contribution < 1.29 is 9.59 Å². The van der Waals surface area contributed by atoms with Gasteiger partial charge in [-0.05, 0) is 47.9 Å². The standard InChI is InChI=1S/C34H33N5O2/c1-24-14-15-27-20-31(37-30(27)19-24)33(40)36-22-29-23-38(34(41)28-13-8-16-35-21-28)17-18-39(29)32(25-9-4-2-5-10-25)26-11-6-3-7-12-26/h2-16,19-21,29,32,37H,17-18,22-23H2,1H3,(H,36,40). The molecule has 5 aromatic rings. The summed E-state index contributed by atoms with van der Waals surface area (Å²) < 4.78 is 0. The first-order valence-corrected chi connectivity index (χ1v) is 14.0. The third kappa shape index (κ3) is 5.76. The first kappa shape index (κ1) is 26.5. The average molecular weight is 544 g/mol. The Morgan fingerprint density at radius 1 is 0.927 bits per heavy atom. The number of aromatic nitrogens is 2. The maximum Gasteiger partial charge on any atom is 0.267 e. The highest BCUT2D eigenvalue weighted by atomic mass is 16.2. The number of nitrogens with one attached hydrogen (secondary N) is 2. The van der Waals surface area contributed by atoms with Crippen LogP contribution in [0.15, 0.2) is 109 Å². The van der Waals surface area contributed by atoms with E-state index < -0.39 is 0 Å². The number of rotatable bonds is 7. The van der Waals surface area contributed by atoms with Crippen molar-refractivity contribution in [2.24, 2.45) is 0 Å². The highest BCUT2D eigenvalue weighted by molar-refractivity contribution is 5.98. The summed E-state index contributed by atoms with van der Waals surface area (Å²) in [6.07, 6.45) is 3.28. The Labute approximate surface area is 239 Å². The zero-order valence-corrected chi connectivity index (χ0v) is 23.0. The van der Waals surface area contributed by atoms with Gasteiger partial charge in [0.1, 0.15) is 5.69 Å². The van der Waals surface area contributed by atoms with Crippen LogP contribution in [0.4, 0.5) is 0 Å². The fourth-order valence-corrected chi connectivity index (χ4v) is 5.76. The molecule has 1 saturated heterocycles. The third-order valence-corrected chi connectivity index (χ3v) is 7.81. The van der Waals surface area contributed by atoms with E-state index in [2.05, 4.69) is 68.7 Å². The Balaban J connectivity index is 1.29. The predicted molar refractivity (Wildman–Crippen MR) is 161 cm³/mol. The normalized spacial score (nSPS) is 15.8. The lowest BCUT2D eigenvalue weighted by Gasteiger charge is -2.45. The summed E-state index contributed by atoms with van der Waals surface area (Å²) in [7, 11) is 0. The van der Waals surface area contributed by atoms with Crippen LogP contribution < -0.4 is 5.32 Å². The lowest BCUT2D eigenvalue weighted by atomic mass is 9.94. The molecule has 0 aliphatic carbocycles. The first-order valence-electron chi connectivity index (χ1n) is 14.0. The highest BCUT2D eigenvalue weighted by Crippen LogP contribution is 2.32. The molecule has 0 bridgehead atoms. The minimum atomic E-state index is -0.162. The molecule has 1 aliphatic rings. The summed E-state index contributed by atoms with van der Waals surface area (Å²) in [4.78, 5) is 38.5. The monoisotopic (exact) mass is 543 g/mol. The van der Waals surface area contributed by atoms with E-state index in [1.54, 1.807) is 24.5 Å². The number of carbonyl (C=O) groups is 2. The van der Waals surface area contributed by atoms with E-state index in [0.29, 0.717) is 37.4 Å². The van der Waals surface area contributed by atoms with Crippen LogP contribution in [-0.4, -0.2) is 63.8 Å². The Morgan fingerprint density at radius 3 is 2.34 bits per heavy atom. The van der Waals surface area contributed by atoms with Crippen LogP contribution in [0.2, 0.25) is 0 Å². The smallest absolute Gasteiger partial charge is 0.267 e. The summed E-state index contributed by atoms with van der Waals surface area (Å²) in [5.74, 6) is -0.207. The molecule has 2 N–H and O–H groups in total. The van der Waals surface area contributed by atoms with Crippen LogP contribution in [-0.2, 0) is 0 Å². The molecule has 6 rings (SSSR count). The number of fused-ring (bicyclic) bond motifs is 1. The molecule has 7 nitrogen and oxygen atoms in total. The van der Waals surface area contributed by atoms with E-state index in [4.69, 9.17) is 0 Å². The second-order valence-corrected chi connectivity index (χ2v) is 10.6. The molecule has 2 aromatic heterocycles. The summed E-state index contributed by atoms with van der Waals surface area (Å²) in [6.45, 7) is 4.14. The molecule has 3 heterocycles. The highest BCUT2D eigenvalue weighted by Gasteiger charge is 2.35. The third-order valence-electron chi connectivity index (χ3n) is 7.81. The van der Waals surface area contributed by atoms with Gasteiger partial charge in [-0.3, -0.25) is 19.5 Å². The molecule has 41 heavy (non-hydrogen) atoms. The zero-order chi connectivity index (χ0) is 28.2. The largest absolute Gasteiger partial charge is 0.351 e. The van der Waals surface area contributed by atoms with Gasteiger partial charge in [-0.25, -0.2) is 0 Å². The summed E-state index contributed by atoms with van der Waals surface area (Å²) in [5.41, 5.74) is 5.52. The lowest BCUT2D eigenvalue weighted by molar-refractivity contribution is 0.0382. The number of aromatic amines is 1. The van der Waals surface area contributed by atoms with Gasteiger partial charge in [0, 0.05) is 55.5 Å². The van der Waals surface area contributed by atoms with Crippen molar-refractivity contribution in [3.63, 3.8) is 0 Å². The lowest BCUT2D eigenvalue weighted by Crippen LogP contribution is -2.59. The second kappa shape index (κ2) is 11.8. The topological polar surface area (TPSA) is 81.3 Å². The van der Waals surface area contributed by atoms with Crippen molar-refractivity contribution in [2.45, 2.75) is 19.0 Å². The van der Waals surface area contributed by atoms with Crippen molar-refractivity contribution in [1.29, 1.82) is 0 Å².